The smallest absolute Gasteiger partial charge is 0.0809 e. The lowest BCUT2D eigenvalue weighted by molar-refractivity contribution is 0.0596. The first kappa shape index (κ1) is 26.7. The van der Waals surface area contributed by atoms with E-state index in [1.807, 2.05) is 13.8 Å². The Morgan fingerprint density at radius 3 is 2.48 bits per heavy atom. The summed E-state index contributed by atoms with van der Waals surface area (Å²) in [6.45, 7) is 17.0. The van der Waals surface area contributed by atoms with Crippen LogP contribution in [0.25, 0.3) is 0 Å². The summed E-state index contributed by atoms with van der Waals surface area (Å²) in [7, 11) is 0. The van der Waals surface area contributed by atoms with E-state index >= 15 is 0 Å². The SMILES string of the molecule is C=C1[C@H](O)C/C(=C/C=C2\CCC[C@]3(C)[C@@H]([C@@H](C)CCCC(C)(C)O)CC[C@@H]23)C(C)C(C)[C@H]1O. The molecule has 3 aliphatic carbocycles. The van der Waals surface area contributed by atoms with Crippen molar-refractivity contribution in [1.29, 1.82) is 0 Å². The maximum absolute atomic E-state index is 10.5. The maximum atomic E-state index is 10.5. The minimum absolute atomic E-state index is 0.0662. The minimum Gasteiger partial charge on any atom is -0.390 e. The van der Waals surface area contributed by atoms with Crippen LogP contribution in [0.2, 0.25) is 0 Å². The molecule has 3 saturated carbocycles. The highest BCUT2D eigenvalue weighted by atomic mass is 16.3. The van der Waals surface area contributed by atoms with Crippen LogP contribution < -0.4 is 0 Å². The highest BCUT2D eigenvalue weighted by Crippen LogP contribution is 2.60. The summed E-state index contributed by atoms with van der Waals surface area (Å²) in [6.07, 6.45) is 13.5. The third-order valence-electron chi connectivity index (χ3n) is 9.79. The first-order valence-electron chi connectivity index (χ1n) is 13.5. The lowest BCUT2D eigenvalue weighted by Gasteiger charge is -2.44. The quantitative estimate of drug-likeness (QED) is 0.311. The third kappa shape index (κ3) is 5.85. The molecule has 0 spiro atoms. The van der Waals surface area contributed by atoms with Crippen molar-refractivity contribution in [3.05, 3.63) is 35.5 Å². The van der Waals surface area contributed by atoms with Gasteiger partial charge in [0.15, 0.2) is 0 Å². The molecule has 3 N–H and O–H groups in total. The van der Waals surface area contributed by atoms with Gasteiger partial charge in [0, 0.05) is 0 Å². The summed E-state index contributed by atoms with van der Waals surface area (Å²) in [5.74, 6) is 2.42. The Morgan fingerprint density at radius 1 is 1.15 bits per heavy atom. The monoisotopic (exact) mass is 458 g/mol. The van der Waals surface area contributed by atoms with Crippen molar-refractivity contribution in [3.63, 3.8) is 0 Å². The Morgan fingerprint density at radius 2 is 1.82 bits per heavy atom. The van der Waals surface area contributed by atoms with Crippen LogP contribution in [0, 0.1) is 35.0 Å². The summed E-state index contributed by atoms with van der Waals surface area (Å²) in [5.41, 5.74) is 3.22. The van der Waals surface area contributed by atoms with Crippen LogP contribution >= 0.6 is 0 Å². The number of allylic oxidation sites excluding steroid dienone is 3. The van der Waals surface area contributed by atoms with Crippen LogP contribution in [0.5, 0.6) is 0 Å². The van der Waals surface area contributed by atoms with Crippen LogP contribution in [-0.4, -0.2) is 33.1 Å². The fourth-order valence-corrected chi connectivity index (χ4v) is 7.39. The van der Waals surface area contributed by atoms with Crippen molar-refractivity contribution in [2.75, 3.05) is 0 Å². The molecular weight excluding hydrogens is 408 g/mol. The molecule has 0 heterocycles. The summed E-state index contributed by atoms with van der Waals surface area (Å²) in [5, 5.41) is 31.2. The van der Waals surface area contributed by atoms with Gasteiger partial charge in [-0.3, -0.25) is 0 Å². The summed E-state index contributed by atoms with van der Waals surface area (Å²) >= 11 is 0. The lowest BCUT2D eigenvalue weighted by atomic mass is 9.60. The Balaban J connectivity index is 1.75. The molecule has 0 amide bonds. The van der Waals surface area contributed by atoms with E-state index in [1.54, 1.807) is 5.57 Å². The van der Waals surface area contributed by atoms with Crippen molar-refractivity contribution in [3.8, 4) is 0 Å². The third-order valence-corrected chi connectivity index (χ3v) is 9.79. The van der Waals surface area contributed by atoms with Crippen LogP contribution in [-0.2, 0) is 0 Å². The topological polar surface area (TPSA) is 60.7 Å². The lowest BCUT2D eigenvalue weighted by Crippen LogP contribution is -2.36. The number of aliphatic hydroxyl groups is 3. The van der Waals surface area contributed by atoms with Gasteiger partial charge in [-0.25, -0.2) is 0 Å². The van der Waals surface area contributed by atoms with Gasteiger partial charge in [-0.05, 0) is 99.4 Å². The molecule has 3 rings (SSSR count). The normalized spacial score (nSPS) is 41.3. The number of hydrogen-bond acceptors (Lipinski definition) is 3. The van der Waals surface area contributed by atoms with E-state index in [0.717, 1.165) is 18.8 Å². The van der Waals surface area contributed by atoms with Gasteiger partial charge in [0.05, 0.1) is 17.8 Å². The summed E-state index contributed by atoms with van der Waals surface area (Å²) in [4.78, 5) is 0. The van der Waals surface area contributed by atoms with Gasteiger partial charge in [0.2, 0.25) is 0 Å². The van der Waals surface area contributed by atoms with Gasteiger partial charge in [0.1, 0.15) is 0 Å². The van der Waals surface area contributed by atoms with Crippen LogP contribution in [0.4, 0.5) is 0 Å². The molecule has 2 unspecified atom stereocenters. The summed E-state index contributed by atoms with van der Waals surface area (Å²) in [6, 6.07) is 0. The molecule has 3 fully saturated rings. The molecule has 3 nitrogen and oxygen atoms in total. The van der Waals surface area contributed by atoms with Crippen LogP contribution in [0.1, 0.15) is 99.3 Å². The number of rotatable bonds is 6. The van der Waals surface area contributed by atoms with Gasteiger partial charge < -0.3 is 15.3 Å². The Hall–Kier alpha value is -0.900. The van der Waals surface area contributed by atoms with Crippen molar-refractivity contribution >= 4 is 0 Å². The number of aliphatic hydroxyl groups excluding tert-OH is 2. The molecule has 0 aromatic heterocycles. The molecular formula is C30H50O3. The van der Waals surface area contributed by atoms with E-state index in [-0.39, 0.29) is 11.8 Å². The average molecular weight is 459 g/mol. The van der Waals surface area contributed by atoms with Crippen molar-refractivity contribution in [2.24, 2.45) is 35.0 Å². The molecule has 33 heavy (non-hydrogen) atoms. The molecule has 3 heteroatoms. The van der Waals surface area contributed by atoms with Gasteiger partial charge >= 0.3 is 0 Å². The van der Waals surface area contributed by atoms with Gasteiger partial charge in [-0.15, -0.1) is 0 Å². The number of hydrogen-bond donors (Lipinski definition) is 3. The van der Waals surface area contributed by atoms with Crippen LogP contribution in [0.3, 0.4) is 0 Å². The van der Waals surface area contributed by atoms with E-state index < -0.39 is 17.8 Å². The Kier molecular flexibility index (Phi) is 8.40. The molecule has 0 aromatic carbocycles. The molecule has 0 radical (unpaired) electrons. The van der Waals surface area contributed by atoms with Gasteiger partial charge in [-0.1, -0.05) is 70.4 Å². The van der Waals surface area contributed by atoms with E-state index in [1.165, 1.54) is 44.1 Å². The standard InChI is InChI=1S/C30H50O3/c1-19(10-8-16-29(5,6)33)25-14-15-26-23(11-9-17-30(25,26)7)12-13-24-18-27(31)22(4)28(32)21(3)20(24)2/h12-13,19-21,25-28,31-33H,4,8-11,14-18H2,1-3,5-7H3/b23-12+,24-13-/t19-,20?,21?,25+,26-,27+,28+,30+/m0/s1. The van der Waals surface area contributed by atoms with Crippen molar-refractivity contribution in [1.82, 2.24) is 0 Å². The number of fused-ring (bicyclic) bond motifs is 1. The van der Waals surface area contributed by atoms with Crippen LogP contribution in [0.15, 0.2) is 35.5 Å². The Labute approximate surface area is 203 Å². The molecule has 0 saturated heterocycles. The molecule has 0 aliphatic heterocycles. The molecule has 188 valence electrons. The second-order valence-corrected chi connectivity index (χ2v) is 12.6. The highest BCUT2D eigenvalue weighted by molar-refractivity contribution is 5.29. The van der Waals surface area contributed by atoms with Gasteiger partial charge in [0.25, 0.3) is 0 Å². The molecule has 0 aromatic rings. The second-order valence-electron chi connectivity index (χ2n) is 12.6. The van der Waals surface area contributed by atoms with E-state index in [2.05, 4.69) is 46.4 Å². The summed E-state index contributed by atoms with van der Waals surface area (Å²) < 4.78 is 0. The predicted molar refractivity (Wildman–Crippen MR) is 138 cm³/mol. The first-order chi connectivity index (χ1) is 15.3. The molecule has 3 aliphatic rings. The zero-order valence-electron chi connectivity index (χ0n) is 22.1. The average Bonchev–Trinajstić information content (AvgIpc) is 3.08. The largest absolute Gasteiger partial charge is 0.390 e. The first-order valence-corrected chi connectivity index (χ1v) is 13.5. The molecule has 0 bridgehead atoms. The predicted octanol–water partition coefficient (Wildman–Crippen LogP) is 6.59. The highest BCUT2D eigenvalue weighted by Gasteiger charge is 2.50. The van der Waals surface area contributed by atoms with E-state index in [9.17, 15) is 15.3 Å². The van der Waals surface area contributed by atoms with E-state index in [4.69, 9.17) is 0 Å². The fraction of sp³-hybridized carbons (Fsp3) is 0.800. The zero-order chi connectivity index (χ0) is 24.6. The van der Waals surface area contributed by atoms with Gasteiger partial charge in [-0.2, -0.15) is 0 Å². The molecule has 8 atom stereocenters. The zero-order valence-corrected chi connectivity index (χ0v) is 22.1. The minimum atomic E-state index is -0.658. The fourth-order valence-electron chi connectivity index (χ4n) is 7.39. The second kappa shape index (κ2) is 10.4. The maximum Gasteiger partial charge on any atom is 0.0809 e. The van der Waals surface area contributed by atoms with Crippen molar-refractivity contribution in [2.45, 2.75) is 117 Å². The van der Waals surface area contributed by atoms with Crippen molar-refractivity contribution < 1.29 is 15.3 Å². The van der Waals surface area contributed by atoms with E-state index in [0.29, 0.717) is 29.2 Å². The Bertz CT molecular complexity index is 757.